The van der Waals surface area contributed by atoms with Crippen LogP contribution < -0.4 is 0 Å². The van der Waals surface area contributed by atoms with Crippen LogP contribution in [0.3, 0.4) is 0 Å². The SMILES string of the molecule is O=C1c2ccccc2C(=O)N1C1COC(CO)OC1. The largest absolute Gasteiger partial charge is 0.391 e. The molecule has 0 saturated carbocycles. The average Bonchev–Trinajstić information content (AvgIpc) is 2.72. The van der Waals surface area contributed by atoms with Crippen LogP contribution >= 0.6 is 0 Å². The highest BCUT2D eigenvalue weighted by Gasteiger charge is 2.41. The molecule has 1 aromatic rings. The van der Waals surface area contributed by atoms with Gasteiger partial charge in [0.05, 0.1) is 37.0 Å². The molecule has 100 valence electrons. The molecule has 2 aliphatic rings. The number of carbonyl (C=O) groups excluding carboxylic acids is 2. The fraction of sp³-hybridized carbons (Fsp3) is 0.385. The topological polar surface area (TPSA) is 76.1 Å². The van der Waals surface area contributed by atoms with Crippen LogP contribution in [0.1, 0.15) is 20.7 Å². The van der Waals surface area contributed by atoms with Crippen molar-refractivity contribution in [1.29, 1.82) is 0 Å². The second-order valence-corrected chi connectivity index (χ2v) is 4.46. The van der Waals surface area contributed by atoms with Crippen LogP contribution in [0.5, 0.6) is 0 Å². The summed E-state index contributed by atoms with van der Waals surface area (Å²) in [7, 11) is 0. The highest BCUT2D eigenvalue weighted by Crippen LogP contribution is 2.26. The van der Waals surface area contributed by atoms with E-state index >= 15 is 0 Å². The number of benzene rings is 1. The van der Waals surface area contributed by atoms with Crippen molar-refractivity contribution in [2.45, 2.75) is 12.3 Å². The molecule has 2 heterocycles. The quantitative estimate of drug-likeness (QED) is 0.761. The van der Waals surface area contributed by atoms with E-state index in [2.05, 4.69) is 0 Å². The Morgan fingerprint density at radius 2 is 1.63 bits per heavy atom. The third-order valence-corrected chi connectivity index (χ3v) is 3.29. The summed E-state index contributed by atoms with van der Waals surface area (Å²) in [5.74, 6) is -0.638. The lowest BCUT2D eigenvalue weighted by molar-refractivity contribution is -0.211. The number of imide groups is 1. The summed E-state index contributed by atoms with van der Waals surface area (Å²) in [6.45, 7) is 0.113. The number of fused-ring (bicyclic) bond motifs is 1. The summed E-state index contributed by atoms with van der Waals surface area (Å²) < 4.78 is 10.5. The molecule has 0 aromatic heterocycles. The van der Waals surface area contributed by atoms with Gasteiger partial charge in [0.2, 0.25) is 0 Å². The molecule has 0 atom stereocenters. The second-order valence-electron chi connectivity index (χ2n) is 4.46. The van der Waals surface area contributed by atoms with E-state index in [0.717, 1.165) is 0 Å². The van der Waals surface area contributed by atoms with Gasteiger partial charge in [0.1, 0.15) is 0 Å². The molecule has 19 heavy (non-hydrogen) atoms. The first kappa shape index (κ1) is 12.3. The van der Waals surface area contributed by atoms with Crippen molar-refractivity contribution in [3.8, 4) is 0 Å². The number of hydrogen-bond donors (Lipinski definition) is 1. The average molecular weight is 263 g/mol. The number of amides is 2. The lowest BCUT2D eigenvalue weighted by atomic mass is 10.1. The fourth-order valence-corrected chi connectivity index (χ4v) is 2.33. The molecular weight excluding hydrogens is 250 g/mol. The molecule has 2 amide bonds. The van der Waals surface area contributed by atoms with E-state index in [1.54, 1.807) is 24.3 Å². The molecule has 6 heteroatoms. The van der Waals surface area contributed by atoms with Gasteiger partial charge in [-0.25, -0.2) is 0 Å². The fourth-order valence-electron chi connectivity index (χ4n) is 2.33. The minimum absolute atomic E-state index is 0.177. The Morgan fingerprint density at radius 3 is 2.11 bits per heavy atom. The summed E-state index contributed by atoms with van der Waals surface area (Å²) in [4.78, 5) is 25.6. The van der Waals surface area contributed by atoms with Crippen molar-refractivity contribution in [1.82, 2.24) is 4.90 Å². The Kier molecular flexibility index (Phi) is 3.06. The van der Waals surface area contributed by atoms with Gasteiger partial charge in [-0.3, -0.25) is 14.5 Å². The first-order valence-electron chi connectivity index (χ1n) is 6.03. The van der Waals surface area contributed by atoms with Crippen LogP contribution in [-0.2, 0) is 9.47 Å². The lowest BCUT2D eigenvalue weighted by Crippen LogP contribution is -2.50. The predicted molar refractivity (Wildman–Crippen MR) is 63.5 cm³/mol. The Labute approximate surface area is 109 Å². The molecule has 0 spiro atoms. The molecule has 0 aliphatic carbocycles. The van der Waals surface area contributed by atoms with E-state index in [9.17, 15) is 9.59 Å². The number of hydrogen-bond acceptors (Lipinski definition) is 5. The number of aliphatic hydroxyl groups excluding tert-OH is 1. The zero-order valence-corrected chi connectivity index (χ0v) is 10.1. The lowest BCUT2D eigenvalue weighted by Gasteiger charge is -2.32. The Morgan fingerprint density at radius 1 is 1.11 bits per heavy atom. The van der Waals surface area contributed by atoms with Crippen LogP contribution in [-0.4, -0.2) is 54.0 Å². The van der Waals surface area contributed by atoms with Crippen LogP contribution in [0.15, 0.2) is 24.3 Å². The van der Waals surface area contributed by atoms with Crippen LogP contribution in [0, 0.1) is 0 Å². The third-order valence-electron chi connectivity index (χ3n) is 3.29. The van der Waals surface area contributed by atoms with E-state index in [4.69, 9.17) is 14.6 Å². The number of rotatable bonds is 2. The molecule has 0 unspecified atom stereocenters. The number of aliphatic hydroxyl groups is 1. The van der Waals surface area contributed by atoms with E-state index in [-0.39, 0.29) is 31.6 Å². The molecule has 0 radical (unpaired) electrons. The van der Waals surface area contributed by atoms with E-state index in [0.29, 0.717) is 11.1 Å². The number of ether oxygens (including phenoxy) is 2. The van der Waals surface area contributed by atoms with Gasteiger partial charge in [0.25, 0.3) is 11.8 Å². The molecule has 1 N–H and O–H groups in total. The molecule has 3 rings (SSSR count). The molecule has 1 fully saturated rings. The van der Waals surface area contributed by atoms with Gasteiger partial charge in [-0.1, -0.05) is 12.1 Å². The van der Waals surface area contributed by atoms with Crippen LogP contribution in [0.25, 0.3) is 0 Å². The summed E-state index contributed by atoms with van der Waals surface area (Å²) in [5.41, 5.74) is 0.827. The predicted octanol–water partition coefficient (Wildman–Crippen LogP) is 0.0164. The maximum absolute atomic E-state index is 12.2. The van der Waals surface area contributed by atoms with Gasteiger partial charge < -0.3 is 14.6 Å². The monoisotopic (exact) mass is 263 g/mol. The molecule has 0 bridgehead atoms. The summed E-state index contributed by atoms with van der Waals surface area (Å²) in [5, 5.41) is 8.89. The van der Waals surface area contributed by atoms with Crippen molar-refractivity contribution in [3.63, 3.8) is 0 Å². The van der Waals surface area contributed by atoms with Gasteiger partial charge in [-0.2, -0.15) is 0 Å². The highest BCUT2D eigenvalue weighted by molar-refractivity contribution is 6.21. The minimum atomic E-state index is -0.675. The Hall–Kier alpha value is -1.76. The Balaban J connectivity index is 1.81. The van der Waals surface area contributed by atoms with E-state index in [1.165, 1.54) is 4.90 Å². The van der Waals surface area contributed by atoms with E-state index in [1.807, 2.05) is 0 Å². The molecule has 1 saturated heterocycles. The van der Waals surface area contributed by atoms with E-state index < -0.39 is 12.3 Å². The first-order valence-corrected chi connectivity index (χ1v) is 6.03. The van der Waals surface area contributed by atoms with Crippen molar-refractivity contribution >= 4 is 11.8 Å². The first-order chi connectivity index (χ1) is 9.22. The zero-order valence-electron chi connectivity index (χ0n) is 10.1. The van der Waals surface area contributed by atoms with Crippen LogP contribution in [0.4, 0.5) is 0 Å². The highest BCUT2D eigenvalue weighted by atomic mass is 16.7. The van der Waals surface area contributed by atoms with Crippen molar-refractivity contribution in [2.75, 3.05) is 19.8 Å². The van der Waals surface area contributed by atoms with Gasteiger partial charge >= 0.3 is 0 Å². The minimum Gasteiger partial charge on any atom is -0.391 e. The summed E-state index contributed by atoms with van der Waals surface area (Å²) in [6.07, 6.45) is -0.675. The van der Waals surface area contributed by atoms with Gasteiger partial charge in [-0.05, 0) is 12.1 Å². The number of carbonyl (C=O) groups is 2. The summed E-state index contributed by atoms with van der Waals surface area (Å²) >= 11 is 0. The number of nitrogens with zero attached hydrogens (tertiary/aromatic N) is 1. The maximum atomic E-state index is 12.2. The molecule has 2 aliphatic heterocycles. The molecule has 1 aromatic carbocycles. The van der Waals surface area contributed by atoms with Crippen molar-refractivity contribution in [3.05, 3.63) is 35.4 Å². The maximum Gasteiger partial charge on any atom is 0.261 e. The van der Waals surface area contributed by atoms with Crippen LogP contribution in [0.2, 0.25) is 0 Å². The molecular formula is C13H13NO5. The zero-order chi connectivity index (χ0) is 13.4. The normalized spacial score (nSPS) is 26.7. The summed E-state index contributed by atoms with van der Waals surface area (Å²) in [6, 6.07) is 6.27. The van der Waals surface area contributed by atoms with Gasteiger partial charge in [0.15, 0.2) is 6.29 Å². The molecule has 6 nitrogen and oxygen atoms in total. The van der Waals surface area contributed by atoms with Gasteiger partial charge in [0, 0.05) is 0 Å². The van der Waals surface area contributed by atoms with Gasteiger partial charge in [-0.15, -0.1) is 0 Å². The Bertz CT molecular complexity index is 487. The van der Waals surface area contributed by atoms with Crippen molar-refractivity contribution < 1.29 is 24.2 Å². The standard InChI is InChI=1S/C13H13NO5/c15-5-11-18-6-8(7-19-11)14-12(16)9-3-1-2-4-10(9)13(14)17/h1-4,8,11,15H,5-7H2. The second kappa shape index (κ2) is 4.73. The van der Waals surface area contributed by atoms with Crippen molar-refractivity contribution in [2.24, 2.45) is 0 Å². The third kappa shape index (κ3) is 1.94. The smallest absolute Gasteiger partial charge is 0.261 e.